The number of ketones is 1. The highest BCUT2D eigenvalue weighted by atomic mass is 19.1. The molecule has 2 aromatic heterocycles. The zero-order chi connectivity index (χ0) is 27.8. The summed E-state index contributed by atoms with van der Waals surface area (Å²) in [5.41, 5.74) is 1.21. The van der Waals surface area contributed by atoms with Gasteiger partial charge in [-0.15, -0.1) is 0 Å². The summed E-state index contributed by atoms with van der Waals surface area (Å²) in [4.78, 5) is 33.8. The van der Waals surface area contributed by atoms with Crippen molar-refractivity contribution in [2.45, 2.75) is 44.1 Å². The second kappa shape index (κ2) is 10.2. The Balaban J connectivity index is 1.48. The van der Waals surface area contributed by atoms with Gasteiger partial charge in [0.05, 0.1) is 19.4 Å². The summed E-state index contributed by atoms with van der Waals surface area (Å²) in [7, 11) is 1.53. The van der Waals surface area contributed by atoms with Crippen LogP contribution in [0.2, 0.25) is 0 Å². The number of aldehydes is 1. The third kappa shape index (κ3) is 5.00. The van der Waals surface area contributed by atoms with Crippen LogP contribution in [0.5, 0.6) is 11.5 Å². The number of halogens is 1. The van der Waals surface area contributed by atoms with E-state index in [1.165, 1.54) is 19.2 Å². The molecule has 8 heteroatoms. The van der Waals surface area contributed by atoms with E-state index in [4.69, 9.17) is 14.5 Å². The van der Waals surface area contributed by atoms with Crippen molar-refractivity contribution in [3.8, 4) is 22.8 Å². The molecule has 39 heavy (non-hydrogen) atoms. The molecule has 0 saturated heterocycles. The third-order valence-electron chi connectivity index (χ3n) is 7.41. The van der Waals surface area contributed by atoms with Crippen molar-refractivity contribution < 1.29 is 28.6 Å². The smallest absolute Gasteiger partial charge is 0.163 e. The topological polar surface area (TPSA) is 98.6 Å². The molecule has 5 rings (SSSR count). The van der Waals surface area contributed by atoms with E-state index in [9.17, 15) is 19.1 Å². The fraction of sp³-hybridized carbons (Fsp3) is 0.290. The van der Waals surface area contributed by atoms with E-state index in [1.807, 2.05) is 13.0 Å². The number of fused-ring (bicyclic) bond motifs is 2. The molecule has 0 radical (unpaired) electrons. The van der Waals surface area contributed by atoms with Crippen LogP contribution in [0.1, 0.15) is 54.7 Å². The lowest BCUT2D eigenvalue weighted by atomic mass is 9.80. The Labute approximate surface area is 225 Å². The maximum Gasteiger partial charge on any atom is 0.163 e. The molecule has 0 spiro atoms. The molecule has 1 N–H and O–H groups in total. The molecule has 2 aromatic carbocycles. The van der Waals surface area contributed by atoms with Gasteiger partial charge in [-0.05, 0) is 61.9 Å². The van der Waals surface area contributed by atoms with Crippen molar-refractivity contribution in [2.24, 2.45) is 0 Å². The van der Waals surface area contributed by atoms with Crippen LogP contribution in [0.4, 0.5) is 4.39 Å². The van der Waals surface area contributed by atoms with Crippen molar-refractivity contribution in [1.29, 1.82) is 0 Å². The molecule has 1 aliphatic rings. The van der Waals surface area contributed by atoms with Gasteiger partial charge in [0.1, 0.15) is 40.4 Å². The summed E-state index contributed by atoms with van der Waals surface area (Å²) in [6.07, 6.45) is 2.89. The molecule has 3 heterocycles. The number of pyridine rings is 2. The van der Waals surface area contributed by atoms with E-state index >= 15 is 0 Å². The molecule has 0 aliphatic carbocycles. The molecule has 0 bridgehead atoms. The van der Waals surface area contributed by atoms with Crippen LogP contribution < -0.4 is 9.47 Å². The Morgan fingerprint density at radius 1 is 1.23 bits per heavy atom. The van der Waals surface area contributed by atoms with Crippen LogP contribution in [-0.2, 0) is 15.8 Å². The maximum atomic E-state index is 13.6. The van der Waals surface area contributed by atoms with Crippen molar-refractivity contribution in [3.63, 3.8) is 0 Å². The Morgan fingerprint density at radius 3 is 2.72 bits per heavy atom. The maximum absolute atomic E-state index is 13.6. The lowest BCUT2D eigenvalue weighted by Gasteiger charge is -2.26. The quantitative estimate of drug-likeness (QED) is 0.225. The number of carbonyl (C=O) groups excluding carboxylic acids is 2. The van der Waals surface area contributed by atoms with Crippen molar-refractivity contribution >= 4 is 23.0 Å². The number of aliphatic hydroxyl groups is 1. The van der Waals surface area contributed by atoms with E-state index in [0.29, 0.717) is 39.5 Å². The van der Waals surface area contributed by atoms with E-state index in [-0.39, 0.29) is 37.5 Å². The minimum atomic E-state index is -1.48. The molecule has 2 atom stereocenters. The van der Waals surface area contributed by atoms with Gasteiger partial charge in [-0.1, -0.05) is 13.0 Å². The SMILES string of the molecule is COc1cc(C(=O)CC[C@](C)(O)c2cc3c(c(-c4ccc(F)cc4)n2)OC[C@]3(C)CC=O)cc2cccnc12. The summed E-state index contributed by atoms with van der Waals surface area (Å²) >= 11 is 0. The minimum absolute atomic E-state index is 0.0503. The predicted octanol–water partition coefficient (Wildman–Crippen LogP) is 5.55. The molecule has 4 aromatic rings. The number of nitrogens with zero attached hydrogens (tertiary/aromatic N) is 2. The summed E-state index contributed by atoms with van der Waals surface area (Å²) in [5.74, 6) is 0.471. The number of methoxy groups -OCH3 is 1. The average molecular weight is 529 g/mol. The van der Waals surface area contributed by atoms with Gasteiger partial charge in [0.25, 0.3) is 0 Å². The van der Waals surface area contributed by atoms with Gasteiger partial charge in [-0.2, -0.15) is 0 Å². The minimum Gasteiger partial charge on any atom is -0.494 e. The molecule has 0 saturated carbocycles. The standard InChI is InChI=1S/C31H29FN2O5/c1-30(12-14-35)18-39-29-23(30)17-26(34-28(29)19-6-8-22(32)9-7-19)31(2,37)11-10-24(36)21-15-20-5-4-13-33-27(20)25(16-21)38-3/h4-9,13-17,37H,10-12,18H2,1-3H3/t30-,31-/m0/s1. The molecular formula is C31H29FN2O5. The first-order chi connectivity index (χ1) is 18.6. The van der Waals surface area contributed by atoms with Gasteiger partial charge >= 0.3 is 0 Å². The molecule has 200 valence electrons. The number of hydrogen-bond acceptors (Lipinski definition) is 7. The first kappa shape index (κ1) is 26.4. The molecule has 0 fully saturated rings. The number of aromatic nitrogens is 2. The van der Waals surface area contributed by atoms with Gasteiger partial charge in [-0.25, -0.2) is 9.37 Å². The Hall–Kier alpha value is -4.17. The molecule has 0 amide bonds. The number of carbonyl (C=O) groups is 2. The number of rotatable bonds is 9. The third-order valence-corrected chi connectivity index (χ3v) is 7.41. The Morgan fingerprint density at radius 2 is 2.00 bits per heavy atom. The van der Waals surface area contributed by atoms with Crippen LogP contribution in [0.25, 0.3) is 22.2 Å². The fourth-order valence-electron chi connectivity index (χ4n) is 4.97. The van der Waals surface area contributed by atoms with Crippen molar-refractivity contribution in [3.05, 3.63) is 83.4 Å². The summed E-state index contributed by atoms with van der Waals surface area (Å²) < 4.78 is 25.1. The first-order valence-corrected chi connectivity index (χ1v) is 12.7. The normalized spacial score (nSPS) is 17.8. The van der Waals surface area contributed by atoms with Gasteiger partial charge in [0, 0.05) is 46.5 Å². The number of hydrogen-bond donors (Lipinski definition) is 1. The highest BCUT2D eigenvalue weighted by Crippen LogP contribution is 2.47. The molecule has 1 aliphatic heterocycles. The second-order valence-electron chi connectivity index (χ2n) is 10.4. The van der Waals surface area contributed by atoms with Crippen LogP contribution in [-0.4, -0.2) is 40.9 Å². The molecule has 0 unspecified atom stereocenters. The molecular weight excluding hydrogens is 499 g/mol. The van der Waals surface area contributed by atoms with Crippen LogP contribution in [0.3, 0.4) is 0 Å². The summed E-state index contributed by atoms with van der Waals surface area (Å²) in [6.45, 7) is 3.81. The van der Waals surface area contributed by atoms with E-state index in [1.54, 1.807) is 49.5 Å². The molecule has 7 nitrogen and oxygen atoms in total. The summed E-state index contributed by atoms with van der Waals surface area (Å²) in [5, 5.41) is 12.4. The van der Waals surface area contributed by atoms with Gasteiger partial charge in [0.15, 0.2) is 5.78 Å². The predicted molar refractivity (Wildman–Crippen MR) is 145 cm³/mol. The van der Waals surface area contributed by atoms with Gasteiger partial charge in [-0.3, -0.25) is 9.78 Å². The summed E-state index contributed by atoms with van der Waals surface area (Å²) in [6, 6.07) is 14.7. The van der Waals surface area contributed by atoms with E-state index in [0.717, 1.165) is 17.2 Å². The van der Waals surface area contributed by atoms with Gasteiger partial charge < -0.3 is 19.4 Å². The number of benzene rings is 2. The van der Waals surface area contributed by atoms with E-state index < -0.39 is 11.0 Å². The number of Topliss-reactive ketones (excluding diaryl/α,β-unsaturated/α-hetero) is 1. The average Bonchev–Trinajstić information content (AvgIpc) is 3.27. The lowest BCUT2D eigenvalue weighted by molar-refractivity contribution is -0.108. The highest BCUT2D eigenvalue weighted by molar-refractivity contribution is 6.01. The highest BCUT2D eigenvalue weighted by Gasteiger charge is 2.40. The largest absolute Gasteiger partial charge is 0.494 e. The number of ether oxygens (including phenoxy) is 2. The Bertz CT molecular complexity index is 1570. The Kier molecular flexibility index (Phi) is 6.91. The first-order valence-electron chi connectivity index (χ1n) is 12.7. The van der Waals surface area contributed by atoms with Crippen LogP contribution >= 0.6 is 0 Å². The zero-order valence-corrected chi connectivity index (χ0v) is 22.0. The van der Waals surface area contributed by atoms with Crippen LogP contribution in [0.15, 0.2) is 60.8 Å². The van der Waals surface area contributed by atoms with Crippen molar-refractivity contribution in [1.82, 2.24) is 9.97 Å². The fourth-order valence-corrected chi connectivity index (χ4v) is 4.97. The van der Waals surface area contributed by atoms with Crippen molar-refractivity contribution in [2.75, 3.05) is 13.7 Å². The second-order valence-corrected chi connectivity index (χ2v) is 10.4. The lowest BCUT2D eigenvalue weighted by Crippen LogP contribution is -2.27. The monoisotopic (exact) mass is 528 g/mol. The van der Waals surface area contributed by atoms with Crippen LogP contribution in [0, 0.1) is 5.82 Å². The van der Waals surface area contributed by atoms with Gasteiger partial charge in [0.2, 0.25) is 0 Å². The zero-order valence-electron chi connectivity index (χ0n) is 22.0. The van der Waals surface area contributed by atoms with E-state index in [2.05, 4.69) is 4.98 Å².